The first-order chi connectivity index (χ1) is 15.9. The van der Waals surface area contributed by atoms with Gasteiger partial charge in [0, 0.05) is 8.07 Å². The van der Waals surface area contributed by atoms with E-state index in [1.54, 1.807) is 0 Å². The Balaban J connectivity index is 1.61. The first kappa shape index (κ1) is 25.8. The molecular weight excluding hydrogens is 450 g/mol. The fourth-order valence-electron chi connectivity index (χ4n) is 4.64. The average molecular weight is 492 g/mol. The molecule has 3 heterocycles. The molecule has 0 radical (unpaired) electrons. The van der Waals surface area contributed by atoms with Crippen LogP contribution in [0.25, 0.3) is 0 Å². The lowest BCUT2D eigenvalue weighted by molar-refractivity contribution is -0.225. The minimum Gasteiger partial charge on any atom is -0.497 e. The van der Waals surface area contributed by atoms with Crippen molar-refractivity contribution in [2.24, 2.45) is 0 Å². The number of hydrogen-bond acceptors (Lipinski definition) is 7. The number of rotatable bonds is 8. The monoisotopic (exact) mass is 491 g/mol. The predicted octanol–water partition coefficient (Wildman–Crippen LogP) is 4.71. The third-order valence-electron chi connectivity index (χ3n) is 6.30. The van der Waals surface area contributed by atoms with Gasteiger partial charge in [-0.2, -0.15) is 5.06 Å². The summed E-state index contributed by atoms with van der Waals surface area (Å²) in [5, 5.41) is 1.99. The van der Waals surface area contributed by atoms with Crippen LogP contribution in [0.1, 0.15) is 33.3 Å². The molecule has 3 aliphatic heterocycles. The second kappa shape index (κ2) is 10.0. The van der Waals surface area contributed by atoms with Gasteiger partial charge in [0.05, 0.1) is 26.4 Å². The minimum absolute atomic E-state index is 0.245. The molecule has 8 heteroatoms. The van der Waals surface area contributed by atoms with Crippen LogP contribution in [-0.2, 0) is 35.1 Å². The second-order valence-electron chi connectivity index (χ2n) is 11.5. The molecule has 1 aromatic rings. The van der Waals surface area contributed by atoms with Gasteiger partial charge in [-0.05, 0) is 45.4 Å². The first-order valence-corrected chi connectivity index (χ1v) is 16.1. The van der Waals surface area contributed by atoms with E-state index < -0.39 is 19.6 Å². The summed E-state index contributed by atoms with van der Waals surface area (Å²) in [7, 11) is -1.24. The van der Waals surface area contributed by atoms with Crippen molar-refractivity contribution < 1.29 is 28.5 Å². The fraction of sp³-hybridized carbons (Fsp3) is 0.692. The summed E-state index contributed by atoms with van der Waals surface area (Å²) in [5.74, 6) is -0.523. The maximum absolute atomic E-state index is 6.54. The summed E-state index contributed by atoms with van der Waals surface area (Å²) >= 11 is 0. The molecule has 0 N–H and O–H groups in total. The SMILES string of the molecule is CC1(C)O[C@H]([C@H]2C(OCC[Si](C)(C)C)=CCON2Cc2ccccc2)[C@@H]([C@H]2COC(C)(C)O2)O1. The van der Waals surface area contributed by atoms with E-state index in [1.807, 2.05) is 57.0 Å². The van der Waals surface area contributed by atoms with Crippen LogP contribution in [0, 0.1) is 0 Å². The van der Waals surface area contributed by atoms with Crippen LogP contribution in [0.4, 0.5) is 0 Å². The number of hydroxylamine groups is 2. The van der Waals surface area contributed by atoms with Crippen molar-refractivity contribution in [1.29, 1.82) is 0 Å². The van der Waals surface area contributed by atoms with Crippen LogP contribution >= 0.6 is 0 Å². The highest BCUT2D eigenvalue weighted by Crippen LogP contribution is 2.40. The molecule has 0 unspecified atom stereocenters. The summed E-state index contributed by atoms with van der Waals surface area (Å²) < 4.78 is 31.5. The lowest BCUT2D eigenvalue weighted by Gasteiger charge is -2.40. The number of ether oxygens (including phenoxy) is 5. The molecule has 0 bridgehead atoms. The smallest absolute Gasteiger partial charge is 0.163 e. The molecule has 2 fully saturated rings. The van der Waals surface area contributed by atoms with Crippen LogP contribution in [0.2, 0.25) is 25.7 Å². The van der Waals surface area contributed by atoms with E-state index in [-0.39, 0.29) is 24.4 Å². The van der Waals surface area contributed by atoms with E-state index in [4.69, 9.17) is 28.5 Å². The van der Waals surface area contributed by atoms with Gasteiger partial charge in [-0.3, -0.25) is 4.84 Å². The largest absolute Gasteiger partial charge is 0.497 e. The van der Waals surface area contributed by atoms with Crippen molar-refractivity contribution >= 4 is 8.07 Å². The van der Waals surface area contributed by atoms with Crippen molar-refractivity contribution in [3.8, 4) is 0 Å². The zero-order valence-electron chi connectivity index (χ0n) is 21.7. The molecule has 4 rings (SSSR count). The molecule has 0 aromatic heterocycles. The van der Waals surface area contributed by atoms with Gasteiger partial charge >= 0.3 is 0 Å². The zero-order chi connectivity index (χ0) is 24.6. The van der Waals surface area contributed by atoms with Crippen LogP contribution in [0.5, 0.6) is 0 Å². The second-order valence-corrected chi connectivity index (χ2v) is 17.1. The van der Waals surface area contributed by atoms with Gasteiger partial charge in [0.15, 0.2) is 11.6 Å². The summed E-state index contributed by atoms with van der Waals surface area (Å²) in [6, 6.07) is 11.1. The third kappa shape index (κ3) is 6.49. The van der Waals surface area contributed by atoms with Gasteiger partial charge in [0.25, 0.3) is 0 Å². The van der Waals surface area contributed by atoms with E-state index in [1.165, 1.54) is 0 Å². The van der Waals surface area contributed by atoms with Crippen LogP contribution in [0.3, 0.4) is 0 Å². The molecule has 4 atom stereocenters. The van der Waals surface area contributed by atoms with Gasteiger partial charge in [-0.15, -0.1) is 0 Å². The lowest BCUT2D eigenvalue weighted by atomic mass is 9.98. The van der Waals surface area contributed by atoms with Crippen molar-refractivity contribution in [3.05, 3.63) is 47.7 Å². The molecule has 0 saturated carbocycles. The zero-order valence-corrected chi connectivity index (χ0v) is 22.7. The van der Waals surface area contributed by atoms with Gasteiger partial charge < -0.3 is 23.7 Å². The minimum atomic E-state index is -1.24. The number of hydrogen-bond donors (Lipinski definition) is 0. The summed E-state index contributed by atoms with van der Waals surface area (Å²) in [6.45, 7) is 17.1. The number of benzene rings is 1. The maximum atomic E-state index is 6.54. The Morgan fingerprint density at radius 2 is 1.68 bits per heavy atom. The summed E-state index contributed by atoms with van der Waals surface area (Å²) in [6.07, 6.45) is 1.12. The van der Waals surface area contributed by atoms with Crippen LogP contribution in [0.15, 0.2) is 42.2 Å². The molecule has 0 aliphatic carbocycles. The highest BCUT2D eigenvalue weighted by Gasteiger charge is 2.55. The topological polar surface area (TPSA) is 58.6 Å². The Morgan fingerprint density at radius 3 is 2.32 bits per heavy atom. The molecule has 0 spiro atoms. The first-order valence-electron chi connectivity index (χ1n) is 12.4. The van der Waals surface area contributed by atoms with E-state index in [0.717, 1.165) is 17.4 Å². The normalized spacial score (nSPS) is 31.4. The van der Waals surface area contributed by atoms with Gasteiger partial charge in [0.2, 0.25) is 0 Å². The quantitative estimate of drug-likeness (QED) is 0.488. The van der Waals surface area contributed by atoms with E-state index >= 15 is 0 Å². The summed E-state index contributed by atoms with van der Waals surface area (Å²) in [4.78, 5) is 6.18. The maximum Gasteiger partial charge on any atom is 0.163 e. The Morgan fingerprint density at radius 1 is 0.971 bits per heavy atom. The standard InChI is InChI=1S/C26H41NO6Si/c1-25(2)29-18-21(31-25)23-24(33-26(3,4)32-23)22-20(28-15-16-34(5,6)7)13-14-30-27(22)17-19-11-9-8-10-12-19/h8-13,21-24H,14-18H2,1-7H3/t21-,22-,23-,24-/m1/s1. The Hall–Kier alpha value is -1.26. The van der Waals surface area contributed by atoms with Gasteiger partial charge in [-0.1, -0.05) is 50.0 Å². The average Bonchev–Trinajstić information content (AvgIpc) is 3.26. The van der Waals surface area contributed by atoms with Crippen LogP contribution in [-0.4, -0.2) is 68.9 Å². The molecular formula is C26H41NO6Si. The van der Waals surface area contributed by atoms with Crippen molar-refractivity contribution in [1.82, 2.24) is 5.06 Å². The Labute approximate surface area is 205 Å². The highest BCUT2D eigenvalue weighted by molar-refractivity contribution is 6.76. The fourth-order valence-corrected chi connectivity index (χ4v) is 5.35. The van der Waals surface area contributed by atoms with Gasteiger partial charge in [0.1, 0.15) is 30.1 Å². The molecule has 34 heavy (non-hydrogen) atoms. The van der Waals surface area contributed by atoms with E-state index in [9.17, 15) is 0 Å². The lowest BCUT2D eigenvalue weighted by Crippen LogP contribution is -2.54. The summed E-state index contributed by atoms with van der Waals surface area (Å²) in [5.41, 5.74) is 1.16. The van der Waals surface area contributed by atoms with E-state index in [2.05, 4.69) is 31.8 Å². The molecule has 190 valence electrons. The van der Waals surface area contributed by atoms with Gasteiger partial charge in [-0.25, -0.2) is 0 Å². The molecule has 1 aromatic carbocycles. The Kier molecular flexibility index (Phi) is 7.60. The van der Waals surface area contributed by atoms with Crippen molar-refractivity contribution in [2.75, 3.05) is 19.8 Å². The highest BCUT2D eigenvalue weighted by atomic mass is 28.3. The Bertz CT molecular complexity index is 853. The van der Waals surface area contributed by atoms with Crippen molar-refractivity contribution in [2.45, 2.75) is 95.9 Å². The molecule has 2 saturated heterocycles. The molecule has 7 nitrogen and oxygen atoms in total. The molecule has 3 aliphatic rings. The predicted molar refractivity (Wildman–Crippen MR) is 133 cm³/mol. The molecule has 0 amide bonds. The van der Waals surface area contributed by atoms with Crippen LogP contribution < -0.4 is 0 Å². The third-order valence-corrected chi connectivity index (χ3v) is 8.00. The van der Waals surface area contributed by atoms with E-state index in [0.29, 0.717) is 26.4 Å². The van der Waals surface area contributed by atoms with Crippen molar-refractivity contribution in [3.63, 3.8) is 0 Å². The number of nitrogens with zero attached hydrogens (tertiary/aromatic N) is 1.